The van der Waals surface area contributed by atoms with Gasteiger partial charge in [-0.3, -0.25) is 19.2 Å². The molecule has 1 aromatic rings. The summed E-state index contributed by atoms with van der Waals surface area (Å²) in [6.45, 7) is 4.87. The molecule has 0 aromatic heterocycles. The van der Waals surface area contributed by atoms with Crippen molar-refractivity contribution in [1.82, 2.24) is 16.9 Å². The molecule has 2 saturated heterocycles. The highest BCUT2D eigenvalue weighted by Crippen LogP contribution is 2.44. The van der Waals surface area contributed by atoms with Crippen LogP contribution in [-0.4, -0.2) is 73.0 Å². The second-order valence-electron chi connectivity index (χ2n) is 15.7. The standard InChI is InChI=1S/C38H54I2N4O5/c1-23(45)18-33(26-8-4-3-5-9-26)41-37(47)34-20-31(22-43(34)39)49-30-12-6-10-28(19-30)25-14-16-27(17-15-25)35(24(2)46)42-38(48)36-32-13-7-11-29(32)21-44(36)40/h6,10,12,19,25-27,29,31-36H,3-5,7-9,11,13-18,20-22H2,1-2H3,(H,41,47)(H,42,48)/t25?,27?,29-,31-,32-,33+,34-,35+,36-/m0/s1. The van der Waals surface area contributed by atoms with Crippen LogP contribution < -0.4 is 15.4 Å². The monoisotopic (exact) mass is 900 g/mol. The third-order valence-electron chi connectivity index (χ3n) is 12.3. The van der Waals surface area contributed by atoms with Crippen LogP contribution in [0.25, 0.3) is 0 Å². The van der Waals surface area contributed by atoms with Gasteiger partial charge in [0, 0.05) is 77.7 Å². The molecule has 5 fully saturated rings. The molecule has 2 N–H and O–H groups in total. The summed E-state index contributed by atoms with van der Waals surface area (Å²) >= 11 is 4.55. The minimum absolute atomic E-state index is 0.000447. The highest BCUT2D eigenvalue weighted by Gasteiger charge is 2.48. The number of nitrogens with one attached hydrogen (secondary N) is 2. The fourth-order valence-corrected chi connectivity index (χ4v) is 11.8. The molecule has 0 unspecified atom stereocenters. The number of hydrogen-bond acceptors (Lipinski definition) is 7. The fourth-order valence-electron chi connectivity index (χ4n) is 9.73. The molecule has 2 heterocycles. The van der Waals surface area contributed by atoms with E-state index in [-0.39, 0.29) is 53.5 Å². The number of hydrogen-bond donors (Lipinski definition) is 2. The van der Waals surface area contributed by atoms with E-state index in [1.165, 1.54) is 37.7 Å². The minimum Gasteiger partial charge on any atom is -0.489 e. The van der Waals surface area contributed by atoms with Crippen LogP contribution in [-0.2, 0) is 19.2 Å². The molecule has 2 amide bonds. The lowest BCUT2D eigenvalue weighted by Crippen LogP contribution is -2.52. The smallest absolute Gasteiger partial charge is 0.239 e. The number of Topliss-reactive ketones (excluding diaryl/α,β-unsaturated/α-hetero) is 2. The molecule has 9 nitrogen and oxygen atoms in total. The maximum atomic E-state index is 13.5. The van der Waals surface area contributed by atoms with Crippen LogP contribution in [0.1, 0.15) is 115 Å². The van der Waals surface area contributed by atoms with Crippen molar-refractivity contribution >= 4 is 69.1 Å². The van der Waals surface area contributed by atoms with E-state index in [1.54, 1.807) is 13.8 Å². The van der Waals surface area contributed by atoms with Gasteiger partial charge in [0.25, 0.3) is 0 Å². The van der Waals surface area contributed by atoms with E-state index in [1.807, 2.05) is 6.07 Å². The highest BCUT2D eigenvalue weighted by atomic mass is 127. The van der Waals surface area contributed by atoms with Crippen molar-refractivity contribution in [2.45, 2.75) is 140 Å². The van der Waals surface area contributed by atoms with Gasteiger partial charge < -0.3 is 15.4 Å². The third kappa shape index (κ3) is 9.19. The maximum absolute atomic E-state index is 13.5. The van der Waals surface area contributed by atoms with E-state index in [9.17, 15) is 19.2 Å². The van der Waals surface area contributed by atoms with Gasteiger partial charge in [-0.25, -0.2) is 6.23 Å². The van der Waals surface area contributed by atoms with Crippen LogP contribution in [0.4, 0.5) is 0 Å². The summed E-state index contributed by atoms with van der Waals surface area (Å²) in [5.74, 6) is 2.98. The maximum Gasteiger partial charge on any atom is 0.239 e. The SMILES string of the molecule is CC(=O)C[C@@H](NC(=O)[C@@H]1C[C@H](Oc2cccc(C3CCC([C@H](NC(=O)[C@@H]4[C@H]5CCC[C@H]5CN4I)C(C)=O)CC3)c2)CN1I)C1CCCCC1. The first-order chi connectivity index (χ1) is 23.6. The molecule has 2 aliphatic heterocycles. The summed E-state index contributed by atoms with van der Waals surface area (Å²) in [5, 5.41) is 6.49. The summed E-state index contributed by atoms with van der Waals surface area (Å²) in [6, 6.07) is 7.47. The van der Waals surface area contributed by atoms with Crippen LogP contribution in [0.15, 0.2) is 24.3 Å². The quantitative estimate of drug-likeness (QED) is 0.178. The summed E-state index contributed by atoms with van der Waals surface area (Å²) < 4.78 is 10.7. The van der Waals surface area contributed by atoms with Gasteiger partial charge >= 0.3 is 0 Å². The van der Waals surface area contributed by atoms with Gasteiger partial charge in [0.2, 0.25) is 11.8 Å². The average molecular weight is 901 g/mol. The Labute approximate surface area is 320 Å². The van der Waals surface area contributed by atoms with Crippen molar-refractivity contribution in [3.63, 3.8) is 0 Å². The molecule has 6 rings (SSSR count). The topological polar surface area (TPSA) is 108 Å². The molecule has 270 valence electrons. The second-order valence-corrected chi connectivity index (χ2v) is 18.1. The lowest BCUT2D eigenvalue weighted by molar-refractivity contribution is -0.130. The van der Waals surface area contributed by atoms with Gasteiger partial charge in [-0.15, -0.1) is 0 Å². The zero-order valence-electron chi connectivity index (χ0n) is 29.1. The second kappa shape index (κ2) is 17.0. The number of amides is 2. The molecule has 0 radical (unpaired) electrons. The third-order valence-corrected chi connectivity index (χ3v) is 14.3. The molecular formula is C38H54I2N4O5. The number of benzene rings is 1. The van der Waals surface area contributed by atoms with Gasteiger partial charge in [-0.2, -0.15) is 0 Å². The minimum atomic E-state index is -0.419. The van der Waals surface area contributed by atoms with E-state index in [4.69, 9.17) is 4.74 Å². The predicted octanol–water partition coefficient (Wildman–Crippen LogP) is 6.70. The molecule has 7 atom stereocenters. The Bertz CT molecular complexity index is 1350. The fraction of sp³-hybridized carbons (Fsp3) is 0.737. The number of ether oxygens (including phenoxy) is 1. The van der Waals surface area contributed by atoms with Crippen molar-refractivity contribution in [2.75, 3.05) is 13.1 Å². The van der Waals surface area contributed by atoms with Gasteiger partial charge in [0.15, 0.2) is 5.78 Å². The van der Waals surface area contributed by atoms with Crippen LogP contribution in [0.5, 0.6) is 5.75 Å². The molecule has 11 heteroatoms. The Morgan fingerprint density at radius 2 is 1.59 bits per heavy atom. The van der Waals surface area contributed by atoms with Crippen LogP contribution >= 0.6 is 45.7 Å². The van der Waals surface area contributed by atoms with Crippen LogP contribution in [0.3, 0.4) is 0 Å². The Kier molecular flexibility index (Phi) is 13.0. The first kappa shape index (κ1) is 37.4. The molecule has 3 saturated carbocycles. The zero-order chi connectivity index (χ0) is 34.7. The van der Waals surface area contributed by atoms with E-state index >= 15 is 0 Å². The molecule has 5 aliphatic rings. The zero-order valence-corrected chi connectivity index (χ0v) is 33.4. The summed E-state index contributed by atoms with van der Waals surface area (Å²) in [5.41, 5.74) is 1.25. The number of ketones is 2. The van der Waals surface area contributed by atoms with E-state index < -0.39 is 6.04 Å². The number of carbonyl (C=O) groups is 4. The van der Waals surface area contributed by atoms with Crippen LogP contribution in [0, 0.1) is 23.7 Å². The van der Waals surface area contributed by atoms with Crippen molar-refractivity contribution in [3.8, 4) is 5.75 Å². The number of carbonyl (C=O) groups excluding carboxylic acids is 4. The lowest BCUT2D eigenvalue weighted by atomic mass is 9.75. The predicted molar refractivity (Wildman–Crippen MR) is 206 cm³/mol. The van der Waals surface area contributed by atoms with Gasteiger partial charge in [0.05, 0.1) is 6.04 Å². The number of fused-ring (bicyclic) bond motifs is 1. The van der Waals surface area contributed by atoms with Gasteiger partial charge in [-0.1, -0.05) is 37.8 Å². The van der Waals surface area contributed by atoms with E-state index in [0.717, 1.165) is 57.2 Å². The molecule has 0 bridgehead atoms. The van der Waals surface area contributed by atoms with Crippen molar-refractivity contribution in [1.29, 1.82) is 0 Å². The summed E-state index contributed by atoms with van der Waals surface area (Å²) in [4.78, 5) is 51.8. The molecule has 0 spiro atoms. The molecule has 3 aliphatic carbocycles. The van der Waals surface area contributed by atoms with Crippen molar-refractivity contribution in [2.24, 2.45) is 23.7 Å². The lowest BCUT2D eigenvalue weighted by Gasteiger charge is -2.34. The Hall–Kier alpha value is -1.32. The molecule has 49 heavy (non-hydrogen) atoms. The number of halogens is 2. The largest absolute Gasteiger partial charge is 0.489 e. The van der Waals surface area contributed by atoms with Crippen molar-refractivity contribution in [3.05, 3.63) is 29.8 Å². The van der Waals surface area contributed by atoms with E-state index in [0.29, 0.717) is 43.1 Å². The Balaban J connectivity index is 1.01. The first-order valence-corrected chi connectivity index (χ1v) is 20.7. The Morgan fingerprint density at radius 3 is 2.31 bits per heavy atom. The molecular weight excluding hydrogens is 846 g/mol. The summed E-state index contributed by atoms with van der Waals surface area (Å²) in [6.07, 6.45) is 13.9. The summed E-state index contributed by atoms with van der Waals surface area (Å²) in [7, 11) is 0. The van der Waals surface area contributed by atoms with Crippen LogP contribution in [0.2, 0.25) is 0 Å². The number of nitrogens with zero attached hydrogens (tertiary/aromatic N) is 2. The highest BCUT2D eigenvalue weighted by molar-refractivity contribution is 14.1. The average Bonchev–Trinajstić information content (AvgIpc) is 3.77. The van der Waals surface area contributed by atoms with Gasteiger partial charge in [0.1, 0.15) is 29.7 Å². The molecule has 1 aromatic carbocycles. The Morgan fingerprint density at radius 1 is 0.837 bits per heavy atom. The van der Waals surface area contributed by atoms with Gasteiger partial charge in [-0.05, 0) is 112 Å². The first-order valence-electron chi connectivity index (χ1n) is 18.8. The number of rotatable bonds is 12. The van der Waals surface area contributed by atoms with Crippen molar-refractivity contribution < 1.29 is 23.9 Å². The normalized spacial score (nSPS) is 32.3. The van der Waals surface area contributed by atoms with E-state index in [2.05, 4.69) is 80.8 Å².